The van der Waals surface area contributed by atoms with Gasteiger partial charge in [-0.25, -0.2) is 5.43 Å². The van der Waals surface area contributed by atoms with Gasteiger partial charge < -0.3 is 4.90 Å². The molecule has 0 saturated carbocycles. The van der Waals surface area contributed by atoms with Gasteiger partial charge in [0.2, 0.25) is 5.91 Å². The molecule has 120 valence electrons. The van der Waals surface area contributed by atoms with Crippen molar-refractivity contribution >= 4 is 5.91 Å². The van der Waals surface area contributed by atoms with Gasteiger partial charge in [-0.1, -0.05) is 6.07 Å². The van der Waals surface area contributed by atoms with E-state index in [1.807, 2.05) is 17.2 Å². The minimum atomic E-state index is -0.0698. The maximum Gasteiger partial charge on any atom is 0.241 e. The first-order valence-electron chi connectivity index (χ1n) is 8.06. The van der Waals surface area contributed by atoms with Gasteiger partial charge in [0.1, 0.15) is 6.04 Å². The Morgan fingerprint density at radius 3 is 2.73 bits per heavy atom. The summed E-state index contributed by atoms with van der Waals surface area (Å²) in [6, 6.07) is 4.36. The first-order chi connectivity index (χ1) is 10.6. The fourth-order valence-electron chi connectivity index (χ4n) is 3.12. The normalized spacial score (nSPS) is 26.4. The first-order valence-corrected chi connectivity index (χ1v) is 8.06. The lowest BCUT2D eigenvalue weighted by Crippen LogP contribution is -2.53. The lowest BCUT2D eigenvalue weighted by Gasteiger charge is -2.35. The Morgan fingerprint density at radius 1 is 1.32 bits per heavy atom. The van der Waals surface area contributed by atoms with Crippen LogP contribution in [0.15, 0.2) is 18.3 Å². The number of hydrogen-bond acceptors (Lipinski definition) is 5. The van der Waals surface area contributed by atoms with E-state index in [-0.39, 0.29) is 11.9 Å². The zero-order valence-corrected chi connectivity index (χ0v) is 13.4. The van der Waals surface area contributed by atoms with Gasteiger partial charge in [0.15, 0.2) is 0 Å². The quantitative estimate of drug-likeness (QED) is 0.840. The smallest absolute Gasteiger partial charge is 0.241 e. The van der Waals surface area contributed by atoms with E-state index in [0.717, 1.165) is 44.8 Å². The Hall–Kier alpha value is -1.50. The van der Waals surface area contributed by atoms with Crippen LogP contribution in [-0.4, -0.2) is 59.0 Å². The molecule has 2 fully saturated rings. The largest absolute Gasteiger partial charge is 0.339 e. The highest BCUT2D eigenvalue weighted by atomic mass is 16.2. The lowest BCUT2D eigenvalue weighted by molar-refractivity contribution is -0.135. The molecule has 0 aliphatic carbocycles. The minimum Gasteiger partial charge on any atom is -0.339 e. The van der Waals surface area contributed by atoms with E-state index >= 15 is 0 Å². The van der Waals surface area contributed by atoms with E-state index in [4.69, 9.17) is 0 Å². The van der Waals surface area contributed by atoms with Gasteiger partial charge in [-0.2, -0.15) is 0 Å². The van der Waals surface area contributed by atoms with Crippen LogP contribution in [0.4, 0.5) is 0 Å². The second-order valence-corrected chi connectivity index (χ2v) is 6.35. The Labute approximate surface area is 131 Å². The number of hydrazine groups is 1. The Morgan fingerprint density at radius 2 is 2.09 bits per heavy atom. The zero-order valence-electron chi connectivity index (χ0n) is 13.4. The van der Waals surface area contributed by atoms with Gasteiger partial charge >= 0.3 is 0 Å². The van der Waals surface area contributed by atoms with E-state index in [0.29, 0.717) is 6.04 Å². The second kappa shape index (κ2) is 6.73. The molecular formula is C16H25N5O. The average molecular weight is 303 g/mol. The molecule has 3 heterocycles. The summed E-state index contributed by atoms with van der Waals surface area (Å²) < 4.78 is 0. The van der Waals surface area contributed by atoms with Gasteiger partial charge in [0.25, 0.3) is 0 Å². The average Bonchev–Trinajstić information content (AvgIpc) is 2.96. The number of pyridine rings is 1. The highest BCUT2D eigenvalue weighted by molar-refractivity contribution is 5.82. The van der Waals surface area contributed by atoms with Crippen LogP contribution in [0.25, 0.3) is 0 Å². The number of carbonyl (C=O) groups is 1. The molecule has 0 spiro atoms. The van der Waals surface area contributed by atoms with Crippen LogP contribution in [0, 0.1) is 6.92 Å². The summed E-state index contributed by atoms with van der Waals surface area (Å²) in [5.74, 6) is 0.227. The molecule has 1 aromatic heterocycles. The van der Waals surface area contributed by atoms with Crippen molar-refractivity contribution in [2.24, 2.45) is 0 Å². The third-order valence-electron chi connectivity index (χ3n) is 4.57. The number of nitrogens with one attached hydrogen (secondary N) is 2. The predicted octanol–water partition coefficient (Wildman–Crippen LogP) is 0.289. The molecule has 6 heteroatoms. The molecule has 2 unspecified atom stereocenters. The van der Waals surface area contributed by atoms with E-state index in [2.05, 4.69) is 40.6 Å². The standard InChI is InChI=1S/C16H25N5O/c1-12-4-3-5-17-15(12)11-20-6-8-21(9-7-20)16(22)14-10-13(2)18-19-14/h3-5,13-14,18-19H,6-11H2,1-2H3. The highest BCUT2D eigenvalue weighted by Gasteiger charge is 2.31. The molecular weight excluding hydrogens is 278 g/mol. The van der Waals surface area contributed by atoms with E-state index < -0.39 is 0 Å². The summed E-state index contributed by atoms with van der Waals surface area (Å²) >= 11 is 0. The molecule has 2 N–H and O–H groups in total. The monoisotopic (exact) mass is 303 g/mol. The molecule has 0 aromatic carbocycles. The van der Waals surface area contributed by atoms with Crippen molar-refractivity contribution in [3.8, 4) is 0 Å². The van der Waals surface area contributed by atoms with E-state index in [1.54, 1.807) is 0 Å². The SMILES string of the molecule is Cc1cccnc1CN1CCN(C(=O)C2CC(C)NN2)CC1. The molecule has 0 radical (unpaired) electrons. The topological polar surface area (TPSA) is 60.5 Å². The van der Waals surface area contributed by atoms with Crippen molar-refractivity contribution in [1.82, 2.24) is 25.6 Å². The third-order valence-corrected chi connectivity index (χ3v) is 4.57. The predicted molar refractivity (Wildman–Crippen MR) is 85.0 cm³/mol. The third kappa shape index (κ3) is 3.45. The molecule has 3 rings (SSSR count). The van der Waals surface area contributed by atoms with Crippen LogP contribution in [0.3, 0.4) is 0 Å². The fraction of sp³-hybridized carbons (Fsp3) is 0.625. The maximum absolute atomic E-state index is 12.5. The summed E-state index contributed by atoms with van der Waals surface area (Å²) in [4.78, 5) is 21.3. The van der Waals surface area contributed by atoms with Crippen LogP contribution in [0.5, 0.6) is 0 Å². The number of amides is 1. The summed E-state index contributed by atoms with van der Waals surface area (Å²) in [5, 5.41) is 0. The molecule has 6 nitrogen and oxygen atoms in total. The number of aryl methyl sites for hydroxylation is 1. The Balaban J connectivity index is 1.50. The summed E-state index contributed by atoms with van der Waals surface area (Å²) in [5.41, 5.74) is 8.59. The molecule has 2 aliphatic rings. The van der Waals surface area contributed by atoms with Crippen molar-refractivity contribution in [2.45, 2.75) is 38.9 Å². The molecule has 1 aromatic rings. The molecule has 1 amide bonds. The number of carbonyl (C=O) groups excluding carboxylic acids is 1. The van der Waals surface area contributed by atoms with Crippen molar-refractivity contribution in [1.29, 1.82) is 0 Å². The van der Waals surface area contributed by atoms with Gasteiger partial charge in [-0.05, 0) is 31.9 Å². The first kappa shape index (κ1) is 15.4. The van der Waals surface area contributed by atoms with Crippen LogP contribution in [0.1, 0.15) is 24.6 Å². The minimum absolute atomic E-state index is 0.0698. The van der Waals surface area contributed by atoms with Crippen molar-refractivity contribution in [2.75, 3.05) is 26.2 Å². The number of rotatable bonds is 3. The molecule has 2 saturated heterocycles. The zero-order chi connectivity index (χ0) is 15.5. The maximum atomic E-state index is 12.5. The van der Waals surface area contributed by atoms with Crippen LogP contribution in [-0.2, 0) is 11.3 Å². The molecule has 2 atom stereocenters. The fourth-order valence-corrected chi connectivity index (χ4v) is 3.12. The molecule has 2 aliphatic heterocycles. The highest BCUT2D eigenvalue weighted by Crippen LogP contribution is 2.13. The van der Waals surface area contributed by atoms with Gasteiger partial charge in [0.05, 0.1) is 5.69 Å². The van der Waals surface area contributed by atoms with Crippen LogP contribution < -0.4 is 10.9 Å². The molecule has 0 bridgehead atoms. The van der Waals surface area contributed by atoms with Crippen LogP contribution >= 0.6 is 0 Å². The Kier molecular flexibility index (Phi) is 4.71. The second-order valence-electron chi connectivity index (χ2n) is 6.35. The molecule has 22 heavy (non-hydrogen) atoms. The number of hydrogen-bond donors (Lipinski definition) is 2. The van der Waals surface area contributed by atoms with Crippen molar-refractivity contribution in [3.05, 3.63) is 29.6 Å². The van der Waals surface area contributed by atoms with Gasteiger partial charge in [-0.15, -0.1) is 0 Å². The number of nitrogens with zero attached hydrogens (tertiary/aromatic N) is 3. The van der Waals surface area contributed by atoms with Gasteiger partial charge in [-0.3, -0.25) is 20.1 Å². The van der Waals surface area contributed by atoms with Crippen LogP contribution in [0.2, 0.25) is 0 Å². The summed E-state index contributed by atoms with van der Waals surface area (Å²) in [6.07, 6.45) is 2.72. The summed E-state index contributed by atoms with van der Waals surface area (Å²) in [6.45, 7) is 8.49. The van der Waals surface area contributed by atoms with Gasteiger partial charge in [0, 0.05) is 45.0 Å². The van der Waals surface area contributed by atoms with E-state index in [9.17, 15) is 4.79 Å². The number of piperazine rings is 1. The number of aromatic nitrogens is 1. The van der Waals surface area contributed by atoms with Crippen molar-refractivity contribution < 1.29 is 4.79 Å². The Bertz CT molecular complexity index is 527. The van der Waals surface area contributed by atoms with E-state index in [1.165, 1.54) is 5.56 Å². The van der Waals surface area contributed by atoms with Crippen molar-refractivity contribution in [3.63, 3.8) is 0 Å². The summed E-state index contributed by atoms with van der Waals surface area (Å²) in [7, 11) is 0. The lowest BCUT2D eigenvalue weighted by atomic mass is 10.1.